The average Bonchev–Trinajstić information content (AvgIpc) is 2.29. The quantitative estimate of drug-likeness (QED) is 0.666. The zero-order chi connectivity index (χ0) is 12.5. The summed E-state index contributed by atoms with van der Waals surface area (Å²) in [7, 11) is 0. The van der Waals surface area contributed by atoms with Gasteiger partial charge in [-0.1, -0.05) is 68.9 Å². The lowest BCUT2D eigenvalue weighted by Crippen LogP contribution is -2.10. The molecule has 1 nitrogen and oxygen atoms in total. The fraction of sp³-hybridized carbons (Fsp3) is 0.625. The third-order valence-electron chi connectivity index (χ3n) is 3.19. The number of unbranched alkanes of at least 4 members (excludes halogenated alkanes) is 4. The summed E-state index contributed by atoms with van der Waals surface area (Å²) in [5.74, 6) is 0. The van der Waals surface area contributed by atoms with Gasteiger partial charge in [0.2, 0.25) is 0 Å². The molecule has 0 aliphatic carbocycles. The average molecular weight is 234 g/mol. The van der Waals surface area contributed by atoms with Crippen LogP contribution in [0.25, 0.3) is 0 Å². The van der Waals surface area contributed by atoms with Crippen molar-refractivity contribution in [3.8, 4) is 0 Å². The second-order valence-electron chi connectivity index (χ2n) is 5.05. The van der Waals surface area contributed by atoms with Crippen LogP contribution in [0, 0.1) is 6.92 Å². The van der Waals surface area contributed by atoms with Crippen molar-refractivity contribution >= 4 is 0 Å². The molecule has 0 aromatic heterocycles. The van der Waals surface area contributed by atoms with Crippen LogP contribution in [0.15, 0.2) is 24.3 Å². The molecule has 1 N–H and O–H groups in total. The Kier molecular flexibility index (Phi) is 6.95. The van der Waals surface area contributed by atoms with Gasteiger partial charge in [0.05, 0.1) is 6.10 Å². The monoisotopic (exact) mass is 234 g/mol. The number of aryl methyl sites for hydroxylation is 1. The highest BCUT2D eigenvalue weighted by molar-refractivity contribution is 5.22. The molecule has 1 aromatic rings. The summed E-state index contributed by atoms with van der Waals surface area (Å²) in [5, 5.41) is 9.95. The Hall–Kier alpha value is -0.820. The molecular weight excluding hydrogens is 208 g/mol. The van der Waals surface area contributed by atoms with E-state index >= 15 is 0 Å². The van der Waals surface area contributed by atoms with E-state index in [0.29, 0.717) is 0 Å². The molecule has 0 bridgehead atoms. The fourth-order valence-corrected chi connectivity index (χ4v) is 2.20. The van der Waals surface area contributed by atoms with Gasteiger partial charge in [0.15, 0.2) is 0 Å². The molecular formula is C16H26O. The first-order chi connectivity index (χ1) is 8.22. The van der Waals surface area contributed by atoms with E-state index < -0.39 is 0 Å². The summed E-state index contributed by atoms with van der Waals surface area (Å²) in [6.07, 6.45) is 7.92. The zero-order valence-corrected chi connectivity index (χ0v) is 11.3. The van der Waals surface area contributed by atoms with Gasteiger partial charge in [-0.2, -0.15) is 0 Å². The van der Waals surface area contributed by atoms with Crippen LogP contribution >= 0.6 is 0 Å². The van der Waals surface area contributed by atoms with Crippen LogP contribution in [0.4, 0.5) is 0 Å². The van der Waals surface area contributed by atoms with Crippen molar-refractivity contribution < 1.29 is 5.11 Å². The first-order valence-corrected chi connectivity index (χ1v) is 6.96. The van der Waals surface area contributed by atoms with Gasteiger partial charge >= 0.3 is 0 Å². The first kappa shape index (κ1) is 14.2. The minimum absolute atomic E-state index is 0.168. The van der Waals surface area contributed by atoms with Crippen molar-refractivity contribution in [1.82, 2.24) is 0 Å². The molecule has 0 saturated carbocycles. The number of aliphatic hydroxyl groups excluding tert-OH is 1. The summed E-state index contributed by atoms with van der Waals surface area (Å²) >= 11 is 0. The fourth-order valence-electron chi connectivity index (χ4n) is 2.20. The van der Waals surface area contributed by atoms with Gasteiger partial charge in [0, 0.05) is 0 Å². The molecule has 0 aliphatic heterocycles. The lowest BCUT2D eigenvalue weighted by atomic mass is 10.0. The van der Waals surface area contributed by atoms with Crippen molar-refractivity contribution in [2.75, 3.05) is 0 Å². The zero-order valence-electron chi connectivity index (χ0n) is 11.3. The maximum Gasteiger partial charge on any atom is 0.0580 e. The third-order valence-corrected chi connectivity index (χ3v) is 3.19. The van der Waals surface area contributed by atoms with Crippen LogP contribution < -0.4 is 0 Å². The summed E-state index contributed by atoms with van der Waals surface area (Å²) in [4.78, 5) is 0. The topological polar surface area (TPSA) is 20.2 Å². The van der Waals surface area contributed by atoms with Crippen LogP contribution in [0.5, 0.6) is 0 Å². The summed E-state index contributed by atoms with van der Waals surface area (Å²) in [6.45, 7) is 4.33. The van der Waals surface area contributed by atoms with Gasteiger partial charge < -0.3 is 5.11 Å². The lowest BCUT2D eigenvalue weighted by molar-refractivity contribution is 0.161. The number of rotatable bonds is 8. The Labute approximate surface area is 106 Å². The molecule has 1 unspecified atom stereocenters. The van der Waals surface area contributed by atoms with Crippen LogP contribution in [0.3, 0.4) is 0 Å². The third kappa shape index (κ3) is 6.48. The Morgan fingerprint density at radius 3 is 2.59 bits per heavy atom. The van der Waals surface area contributed by atoms with Crippen LogP contribution in [-0.2, 0) is 6.42 Å². The highest BCUT2D eigenvalue weighted by Gasteiger charge is 2.05. The largest absolute Gasteiger partial charge is 0.393 e. The Morgan fingerprint density at radius 2 is 1.88 bits per heavy atom. The molecule has 1 aromatic carbocycles. The maximum atomic E-state index is 9.95. The highest BCUT2D eigenvalue weighted by atomic mass is 16.3. The van der Waals surface area contributed by atoms with Crippen LogP contribution in [0.2, 0.25) is 0 Å². The van der Waals surface area contributed by atoms with Crippen molar-refractivity contribution in [2.45, 2.75) is 64.9 Å². The predicted molar refractivity (Wildman–Crippen MR) is 74.3 cm³/mol. The highest BCUT2D eigenvalue weighted by Crippen LogP contribution is 2.12. The van der Waals surface area contributed by atoms with Crippen molar-refractivity contribution in [3.05, 3.63) is 35.4 Å². The normalized spacial score (nSPS) is 12.6. The van der Waals surface area contributed by atoms with Crippen molar-refractivity contribution in [1.29, 1.82) is 0 Å². The molecule has 0 amide bonds. The molecule has 1 rings (SSSR count). The van der Waals surface area contributed by atoms with Crippen LogP contribution in [-0.4, -0.2) is 11.2 Å². The van der Waals surface area contributed by atoms with E-state index in [4.69, 9.17) is 0 Å². The Morgan fingerprint density at radius 1 is 1.12 bits per heavy atom. The van der Waals surface area contributed by atoms with Gasteiger partial charge in [0.25, 0.3) is 0 Å². The minimum atomic E-state index is -0.168. The molecule has 0 heterocycles. The molecule has 0 spiro atoms. The maximum absolute atomic E-state index is 9.95. The van der Waals surface area contributed by atoms with Gasteiger partial charge in [0.1, 0.15) is 0 Å². The molecule has 0 radical (unpaired) electrons. The van der Waals surface area contributed by atoms with E-state index in [-0.39, 0.29) is 6.10 Å². The number of aliphatic hydroxyl groups is 1. The van der Waals surface area contributed by atoms with Gasteiger partial charge in [-0.05, 0) is 25.3 Å². The summed E-state index contributed by atoms with van der Waals surface area (Å²) in [5.41, 5.74) is 2.53. The standard InChI is InChI=1S/C16H26O/c1-3-4-5-6-7-11-16(17)13-15-10-8-9-14(2)12-15/h8-10,12,16-17H,3-7,11,13H2,1-2H3. The number of hydrogen-bond acceptors (Lipinski definition) is 1. The second kappa shape index (κ2) is 8.30. The Balaban J connectivity index is 2.18. The Bertz CT molecular complexity index is 306. The lowest BCUT2D eigenvalue weighted by Gasteiger charge is -2.10. The van der Waals surface area contributed by atoms with E-state index in [9.17, 15) is 5.11 Å². The molecule has 1 heteroatoms. The molecule has 0 aliphatic rings. The van der Waals surface area contributed by atoms with Crippen LogP contribution in [0.1, 0.15) is 56.6 Å². The number of hydrogen-bond donors (Lipinski definition) is 1. The molecule has 0 saturated heterocycles. The second-order valence-corrected chi connectivity index (χ2v) is 5.05. The number of benzene rings is 1. The molecule has 1 atom stereocenters. The molecule has 17 heavy (non-hydrogen) atoms. The van der Waals surface area contributed by atoms with E-state index in [2.05, 4.69) is 38.1 Å². The first-order valence-electron chi connectivity index (χ1n) is 6.96. The van der Waals surface area contributed by atoms with E-state index in [1.165, 1.54) is 36.8 Å². The van der Waals surface area contributed by atoms with E-state index in [0.717, 1.165) is 19.3 Å². The SMILES string of the molecule is CCCCCCCC(O)Cc1cccc(C)c1. The summed E-state index contributed by atoms with van der Waals surface area (Å²) in [6, 6.07) is 8.44. The summed E-state index contributed by atoms with van der Waals surface area (Å²) < 4.78 is 0. The van der Waals surface area contributed by atoms with Crippen molar-refractivity contribution in [3.63, 3.8) is 0 Å². The van der Waals surface area contributed by atoms with Gasteiger partial charge in [-0.15, -0.1) is 0 Å². The van der Waals surface area contributed by atoms with E-state index in [1.807, 2.05) is 0 Å². The predicted octanol–water partition coefficient (Wildman–Crippen LogP) is 4.26. The van der Waals surface area contributed by atoms with Crippen molar-refractivity contribution in [2.24, 2.45) is 0 Å². The molecule has 0 fully saturated rings. The smallest absolute Gasteiger partial charge is 0.0580 e. The molecule has 96 valence electrons. The van der Waals surface area contributed by atoms with Gasteiger partial charge in [-0.25, -0.2) is 0 Å². The van der Waals surface area contributed by atoms with Gasteiger partial charge in [-0.3, -0.25) is 0 Å². The van der Waals surface area contributed by atoms with E-state index in [1.54, 1.807) is 0 Å². The minimum Gasteiger partial charge on any atom is -0.393 e.